The van der Waals surface area contributed by atoms with Crippen LogP contribution in [0.1, 0.15) is 31.7 Å². The summed E-state index contributed by atoms with van der Waals surface area (Å²) in [6, 6.07) is 2.12. The lowest BCUT2D eigenvalue weighted by molar-refractivity contribution is -0.388. The van der Waals surface area contributed by atoms with Gasteiger partial charge in [0, 0.05) is 18.3 Å². The summed E-state index contributed by atoms with van der Waals surface area (Å²) in [4.78, 5) is 23.3. The lowest BCUT2D eigenvalue weighted by atomic mass is 10.0. The quantitative estimate of drug-likeness (QED) is 0.474. The Balaban J connectivity index is 2.42. The second-order valence-electron chi connectivity index (χ2n) is 5.41. The first-order valence-corrected chi connectivity index (χ1v) is 7.54. The number of esters is 1. The number of anilines is 1. The molecule has 0 aromatic heterocycles. The number of carbonyl (C=O) groups excluding carboxylic acids is 1. The first-order chi connectivity index (χ1) is 11.3. The summed E-state index contributed by atoms with van der Waals surface area (Å²) in [5.74, 6) is -0.496. The molecule has 0 radical (unpaired) electrons. The fourth-order valence-electron chi connectivity index (χ4n) is 2.81. The predicted molar refractivity (Wildman–Crippen MR) is 79.7 cm³/mol. The van der Waals surface area contributed by atoms with Gasteiger partial charge in [-0.15, -0.1) is 0 Å². The van der Waals surface area contributed by atoms with Gasteiger partial charge in [-0.1, -0.05) is 0 Å². The van der Waals surface area contributed by atoms with Gasteiger partial charge in [-0.2, -0.15) is 13.2 Å². The molecule has 1 aromatic rings. The highest BCUT2D eigenvalue weighted by atomic mass is 19.4. The van der Waals surface area contributed by atoms with Crippen LogP contribution in [-0.2, 0) is 15.7 Å². The van der Waals surface area contributed by atoms with Crippen molar-refractivity contribution < 1.29 is 27.6 Å². The van der Waals surface area contributed by atoms with Crippen LogP contribution in [0.5, 0.6) is 0 Å². The van der Waals surface area contributed by atoms with Gasteiger partial charge in [-0.25, -0.2) is 4.79 Å². The minimum absolute atomic E-state index is 0.130. The molecule has 132 valence electrons. The van der Waals surface area contributed by atoms with Gasteiger partial charge in [-0.3, -0.25) is 10.1 Å². The van der Waals surface area contributed by atoms with Crippen molar-refractivity contribution in [2.45, 2.75) is 38.4 Å². The van der Waals surface area contributed by atoms with Crippen LogP contribution in [0.15, 0.2) is 18.2 Å². The number of nitrogens with zero attached hydrogens (tertiary/aromatic N) is 2. The van der Waals surface area contributed by atoms with Gasteiger partial charge < -0.3 is 9.64 Å². The summed E-state index contributed by atoms with van der Waals surface area (Å²) in [7, 11) is 0. The van der Waals surface area contributed by atoms with Crippen molar-refractivity contribution >= 4 is 17.3 Å². The predicted octanol–water partition coefficient (Wildman–Crippen LogP) is 3.54. The molecule has 0 aliphatic carbocycles. The maximum Gasteiger partial charge on any atom is 0.423 e. The van der Waals surface area contributed by atoms with E-state index in [1.807, 2.05) is 0 Å². The van der Waals surface area contributed by atoms with Gasteiger partial charge in [-0.05, 0) is 38.3 Å². The number of carbonyl (C=O) groups is 1. The number of halogens is 3. The van der Waals surface area contributed by atoms with Crippen LogP contribution in [0.2, 0.25) is 0 Å². The standard InChI is InChI=1S/C15H17F3N2O4/c1-2-24-14(21)13-5-3-4-8-19(13)10-6-7-12(20(22)23)11(9-10)15(16,17)18/h6-7,9,13H,2-5,8H2,1H3. The van der Waals surface area contributed by atoms with Crippen molar-refractivity contribution in [3.05, 3.63) is 33.9 Å². The van der Waals surface area contributed by atoms with E-state index in [0.717, 1.165) is 18.6 Å². The molecule has 0 amide bonds. The number of hydrogen-bond acceptors (Lipinski definition) is 5. The monoisotopic (exact) mass is 346 g/mol. The Morgan fingerprint density at radius 3 is 2.71 bits per heavy atom. The smallest absolute Gasteiger partial charge is 0.423 e. The Morgan fingerprint density at radius 2 is 2.12 bits per heavy atom. The van der Waals surface area contributed by atoms with E-state index >= 15 is 0 Å². The van der Waals surface area contributed by atoms with Crippen molar-refractivity contribution in [3.63, 3.8) is 0 Å². The molecule has 9 heteroatoms. The van der Waals surface area contributed by atoms with Crippen LogP contribution in [-0.4, -0.2) is 30.1 Å². The van der Waals surface area contributed by atoms with Crippen LogP contribution in [0.25, 0.3) is 0 Å². The number of rotatable bonds is 4. The molecule has 1 unspecified atom stereocenters. The number of hydrogen-bond donors (Lipinski definition) is 0. The minimum Gasteiger partial charge on any atom is -0.464 e. The van der Waals surface area contributed by atoms with Crippen molar-refractivity contribution in [2.75, 3.05) is 18.1 Å². The Hall–Kier alpha value is -2.32. The Kier molecular flexibility index (Phi) is 5.30. The third-order valence-corrected chi connectivity index (χ3v) is 3.88. The Bertz CT molecular complexity index is 634. The number of ether oxygens (including phenoxy) is 1. The van der Waals surface area contributed by atoms with Crippen molar-refractivity contribution in [2.24, 2.45) is 0 Å². The maximum absolute atomic E-state index is 13.1. The topological polar surface area (TPSA) is 72.7 Å². The molecule has 1 saturated heterocycles. The fourth-order valence-corrected chi connectivity index (χ4v) is 2.81. The summed E-state index contributed by atoms with van der Waals surface area (Å²) in [6.45, 7) is 2.22. The third-order valence-electron chi connectivity index (χ3n) is 3.88. The van der Waals surface area contributed by atoms with Gasteiger partial charge in [0.05, 0.1) is 11.5 Å². The second kappa shape index (κ2) is 7.06. The SMILES string of the molecule is CCOC(=O)C1CCCCN1c1ccc([N+](=O)[O-])c(C(F)(F)F)c1. The lowest BCUT2D eigenvalue weighted by Gasteiger charge is -2.36. The molecule has 0 N–H and O–H groups in total. The van der Waals surface area contributed by atoms with Gasteiger partial charge in [0.25, 0.3) is 5.69 Å². The van der Waals surface area contributed by atoms with Crippen molar-refractivity contribution in [3.8, 4) is 0 Å². The van der Waals surface area contributed by atoms with E-state index < -0.39 is 34.4 Å². The molecular weight excluding hydrogens is 329 g/mol. The van der Waals surface area contributed by atoms with Crippen LogP contribution in [0, 0.1) is 10.1 Å². The zero-order chi connectivity index (χ0) is 17.9. The zero-order valence-corrected chi connectivity index (χ0v) is 13.0. The highest BCUT2D eigenvalue weighted by molar-refractivity contribution is 5.80. The third kappa shape index (κ3) is 3.77. The molecule has 2 rings (SSSR count). The summed E-state index contributed by atoms with van der Waals surface area (Å²) < 4.78 is 44.3. The van der Waals surface area contributed by atoms with Crippen LogP contribution < -0.4 is 4.90 Å². The van der Waals surface area contributed by atoms with Crippen molar-refractivity contribution in [1.29, 1.82) is 0 Å². The molecule has 1 aromatic carbocycles. The molecule has 6 nitrogen and oxygen atoms in total. The van der Waals surface area contributed by atoms with E-state index in [0.29, 0.717) is 19.4 Å². The highest BCUT2D eigenvalue weighted by Gasteiger charge is 2.39. The molecule has 0 spiro atoms. The van der Waals surface area contributed by atoms with Crippen molar-refractivity contribution in [1.82, 2.24) is 0 Å². The molecule has 1 aliphatic heterocycles. The molecule has 0 bridgehead atoms. The zero-order valence-electron chi connectivity index (χ0n) is 13.0. The first kappa shape index (κ1) is 18.0. The molecule has 24 heavy (non-hydrogen) atoms. The van der Waals surface area contributed by atoms with Gasteiger partial charge in [0.1, 0.15) is 11.6 Å². The Morgan fingerprint density at radius 1 is 1.42 bits per heavy atom. The van der Waals surface area contributed by atoms with Crippen LogP contribution >= 0.6 is 0 Å². The van der Waals surface area contributed by atoms with Gasteiger partial charge >= 0.3 is 12.1 Å². The van der Waals surface area contributed by atoms with Crippen LogP contribution in [0.3, 0.4) is 0 Å². The number of nitro groups is 1. The van der Waals surface area contributed by atoms with E-state index in [2.05, 4.69) is 0 Å². The number of alkyl halides is 3. The van der Waals surface area contributed by atoms with Gasteiger partial charge in [0.2, 0.25) is 0 Å². The second-order valence-corrected chi connectivity index (χ2v) is 5.41. The minimum atomic E-state index is -4.85. The number of nitro benzene ring substituents is 1. The molecular formula is C15H17F3N2O4. The summed E-state index contributed by atoms with van der Waals surface area (Å²) in [5, 5.41) is 10.8. The molecule has 1 fully saturated rings. The molecule has 1 atom stereocenters. The maximum atomic E-state index is 13.1. The summed E-state index contributed by atoms with van der Waals surface area (Å²) >= 11 is 0. The fraction of sp³-hybridized carbons (Fsp3) is 0.533. The number of piperidine rings is 1. The number of benzene rings is 1. The lowest BCUT2D eigenvalue weighted by Crippen LogP contribution is -2.45. The largest absolute Gasteiger partial charge is 0.464 e. The molecule has 1 heterocycles. The van der Waals surface area contributed by atoms with E-state index in [1.165, 1.54) is 11.0 Å². The van der Waals surface area contributed by atoms with E-state index in [9.17, 15) is 28.1 Å². The highest BCUT2D eigenvalue weighted by Crippen LogP contribution is 2.39. The Labute approximate surface area is 136 Å². The van der Waals surface area contributed by atoms with Crippen LogP contribution in [0.4, 0.5) is 24.5 Å². The summed E-state index contributed by atoms with van der Waals surface area (Å²) in [6.07, 6.45) is -2.90. The normalized spacial score (nSPS) is 18.3. The van der Waals surface area contributed by atoms with E-state index in [4.69, 9.17) is 4.74 Å². The van der Waals surface area contributed by atoms with E-state index in [-0.39, 0.29) is 12.3 Å². The molecule has 0 saturated carbocycles. The summed E-state index contributed by atoms with van der Waals surface area (Å²) in [5.41, 5.74) is -2.19. The first-order valence-electron chi connectivity index (χ1n) is 7.54. The average molecular weight is 346 g/mol. The average Bonchev–Trinajstić information content (AvgIpc) is 2.53. The molecule has 1 aliphatic rings. The van der Waals surface area contributed by atoms with Gasteiger partial charge in [0.15, 0.2) is 0 Å². The van der Waals surface area contributed by atoms with E-state index in [1.54, 1.807) is 6.92 Å².